The minimum Gasteiger partial charge on any atom is -0.360 e. The number of aromatic nitrogens is 1. The van der Waals surface area contributed by atoms with Crippen molar-refractivity contribution in [3.8, 4) is 0 Å². The lowest BCUT2D eigenvalue weighted by molar-refractivity contribution is 0.0944. The van der Waals surface area contributed by atoms with Gasteiger partial charge < -0.3 is 10.3 Å². The highest BCUT2D eigenvalue weighted by Crippen LogP contribution is 2.24. The van der Waals surface area contributed by atoms with E-state index in [-0.39, 0.29) is 11.8 Å². The largest absolute Gasteiger partial charge is 0.360 e. The van der Waals surface area contributed by atoms with Crippen LogP contribution in [0.25, 0.3) is 10.9 Å². The number of benzene rings is 2. The zero-order valence-electron chi connectivity index (χ0n) is 13.4. The number of carbonyl (C=O) groups is 1. The molecule has 0 saturated heterocycles. The molecule has 0 aliphatic carbocycles. The fourth-order valence-electron chi connectivity index (χ4n) is 2.86. The summed E-state index contributed by atoms with van der Waals surface area (Å²) in [6.07, 6.45) is 3.99. The van der Waals surface area contributed by atoms with Crippen molar-refractivity contribution in [1.29, 1.82) is 0 Å². The Morgan fingerprint density at radius 2 is 1.83 bits per heavy atom. The Bertz CT molecular complexity index is 776. The molecule has 3 heteroatoms. The van der Waals surface area contributed by atoms with Gasteiger partial charge in [0.15, 0.2) is 5.78 Å². The van der Waals surface area contributed by atoms with E-state index in [1.165, 1.54) is 0 Å². The van der Waals surface area contributed by atoms with Crippen molar-refractivity contribution >= 4 is 16.7 Å². The Morgan fingerprint density at radius 3 is 2.61 bits per heavy atom. The van der Waals surface area contributed by atoms with Gasteiger partial charge >= 0.3 is 0 Å². The highest BCUT2D eigenvalue weighted by atomic mass is 16.1. The summed E-state index contributed by atoms with van der Waals surface area (Å²) in [6, 6.07) is 17.6. The topological polar surface area (TPSA) is 44.9 Å². The highest BCUT2D eigenvalue weighted by molar-refractivity contribution is 6.10. The molecule has 0 aliphatic heterocycles. The van der Waals surface area contributed by atoms with E-state index in [9.17, 15) is 4.79 Å². The Kier molecular flexibility index (Phi) is 4.89. The van der Waals surface area contributed by atoms with Gasteiger partial charge in [-0.1, -0.05) is 61.9 Å². The van der Waals surface area contributed by atoms with Crippen LogP contribution >= 0.6 is 0 Å². The van der Waals surface area contributed by atoms with Crippen molar-refractivity contribution in [2.24, 2.45) is 0 Å². The first-order valence-electron chi connectivity index (χ1n) is 8.20. The quantitative estimate of drug-likeness (QED) is 0.499. The number of fused-ring (bicyclic) bond motifs is 1. The monoisotopic (exact) mass is 306 g/mol. The van der Waals surface area contributed by atoms with Crippen molar-refractivity contribution in [3.63, 3.8) is 0 Å². The van der Waals surface area contributed by atoms with Gasteiger partial charge in [-0.3, -0.25) is 4.79 Å². The summed E-state index contributed by atoms with van der Waals surface area (Å²) in [5.41, 5.74) is 2.76. The molecule has 1 heterocycles. The van der Waals surface area contributed by atoms with Crippen LogP contribution in [0.3, 0.4) is 0 Å². The van der Waals surface area contributed by atoms with Gasteiger partial charge in [0.25, 0.3) is 0 Å². The third kappa shape index (κ3) is 3.35. The Morgan fingerprint density at radius 1 is 1.09 bits per heavy atom. The molecule has 23 heavy (non-hydrogen) atoms. The number of hydrogen-bond donors (Lipinski definition) is 2. The Hall–Kier alpha value is -2.39. The fourth-order valence-corrected chi connectivity index (χ4v) is 2.86. The van der Waals surface area contributed by atoms with Gasteiger partial charge in [-0.2, -0.15) is 0 Å². The number of nitrogens with one attached hydrogen (secondary N) is 2. The zero-order chi connectivity index (χ0) is 16.1. The van der Waals surface area contributed by atoms with Crippen LogP contribution < -0.4 is 5.32 Å². The molecule has 0 amide bonds. The van der Waals surface area contributed by atoms with Crippen LogP contribution in [-0.4, -0.2) is 17.3 Å². The van der Waals surface area contributed by atoms with Crippen molar-refractivity contribution in [2.45, 2.75) is 25.8 Å². The van der Waals surface area contributed by atoms with E-state index in [0.29, 0.717) is 0 Å². The van der Waals surface area contributed by atoms with Crippen LogP contribution in [0.5, 0.6) is 0 Å². The molecule has 3 rings (SSSR count). The van der Waals surface area contributed by atoms with Crippen molar-refractivity contribution in [3.05, 3.63) is 71.9 Å². The van der Waals surface area contributed by atoms with Gasteiger partial charge in [0.05, 0.1) is 6.04 Å². The molecule has 1 aromatic heterocycles. The molecule has 3 aromatic rings. The number of hydrogen-bond acceptors (Lipinski definition) is 2. The first-order valence-corrected chi connectivity index (χ1v) is 8.20. The molecule has 0 unspecified atom stereocenters. The molecule has 2 aromatic carbocycles. The van der Waals surface area contributed by atoms with Crippen molar-refractivity contribution < 1.29 is 4.79 Å². The molecule has 1 atom stereocenters. The van der Waals surface area contributed by atoms with Crippen LogP contribution in [0.2, 0.25) is 0 Å². The molecule has 2 N–H and O–H groups in total. The van der Waals surface area contributed by atoms with Crippen molar-refractivity contribution in [1.82, 2.24) is 10.3 Å². The van der Waals surface area contributed by atoms with E-state index in [1.54, 1.807) is 0 Å². The number of Topliss-reactive ketones (excluding diaryl/α,β-unsaturated/α-hetero) is 1. The maximum atomic E-state index is 13.1. The number of ketones is 1. The summed E-state index contributed by atoms with van der Waals surface area (Å²) in [5, 5.41) is 4.41. The summed E-state index contributed by atoms with van der Waals surface area (Å²) < 4.78 is 0. The van der Waals surface area contributed by atoms with Gasteiger partial charge in [-0.05, 0) is 24.6 Å². The molecule has 0 saturated carbocycles. The van der Waals surface area contributed by atoms with Gasteiger partial charge in [0.1, 0.15) is 0 Å². The predicted molar refractivity (Wildman–Crippen MR) is 94.7 cm³/mol. The molecule has 118 valence electrons. The maximum absolute atomic E-state index is 13.1. The van der Waals surface area contributed by atoms with E-state index in [0.717, 1.165) is 41.4 Å². The smallest absolute Gasteiger partial charge is 0.186 e. The molecule has 3 nitrogen and oxygen atoms in total. The number of para-hydroxylation sites is 1. The second-order valence-corrected chi connectivity index (χ2v) is 5.76. The third-order valence-electron chi connectivity index (χ3n) is 4.13. The van der Waals surface area contributed by atoms with E-state index < -0.39 is 0 Å². The number of aromatic amines is 1. The Balaban J connectivity index is 1.93. The minimum absolute atomic E-state index is 0.116. The summed E-state index contributed by atoms with van der Waals surface area (Å²) in [7, 11) is 0. The number of unbranched alkanes of at least 4 members (excludes halogenated alkanes) is 1. The lowest BCUT2D eigenvalue weighted by Crippen LogP contribution is -2.29. The normalized spacial score (nSPS) is 12.4. The molecular weight excluding hydrogens is 284 g/mol. The van der Waals surface area contributed by atoms with Crippen LogP contribution in [0, 0.1) is 0 Å². The molecule has 0 fully saturated rings. The fraction of sp³-hybridized carbons (Fsp3) is 0.250. The number of rotatable bonds is 7. The second kappa shape index (κ2) is 7.25. The van der Waals surface area contributed by atoms with Crippen LogP contribution in [0.4, 0.5) is 0 Å². The predicted octanol–water partition coefficient (Wildman–Crippen LogP) is 4.48. The average Bonchev–Trinajstić information content (AvgIpc) is 3.03. The van der Waals surface area contributed by atoms with Gasteiger partial charge in [0, 0.05) is 22.7 Å². The minimum atomic E-state index is -0.304. The van der Waals surface area contributed by atoms with Gasteiger partial charge in [-0.25, -0.2) is 0 Å². The number of carbonyl (C=O) groups excluding carboxylic acids is 1. The van der Waals surface area contributed by atoms with E-state index in [1.807, 2.05) is 60.8 Å². The molecule has 0 spiro atoms. The van der Waals surface area contributed by atoms with Crippen LogP contribution in [0.1, 0.15) is 41.7 Å². The molecular formula is C20H22N2O. The second-order valence-electron chi connectivity index (χ2n) is 5.76. The molecule has 0 aliphatic rings. The van der Waals surface area contributed by atoms with E-state index >= 15 is 0 Å². The zero-order valence-corrected chi connectivity index (χ0v) is 13.4. The van der Waals surface area contributed by atoms with Crippen LogP contribution in [-0.2, 0) is 0 Å². The number of H-pyrrole nitrogens is 1. The summed E-state index contributed by atoms with van der Waals surface area (Å²) in [5.74, 6) is 0.116. The SMILES string of the molecule is CCCCN[C@H](C(=O)c1c[nH]c2ccccc12)c1ccccc1. The van der Waals surface area contributed by atoms with E-state index in [2.05, 4.69) is 17.2 Å². The summed E-state index contributed by atoms with van der Waals surface area (Å²) >= 11 is 0. The maximum Gasteiger partial charge on any atom is 0.186 e. The third-order valence-corrected chi connectivity index (χ3v) is 4.13. The summed E-state index contributed by atoms with van der Waals surface area (Å²) in [4.78, 5) is 16.3. The Labute approximate surface area is 136 Å². The first-order chi connectivity index (χ1) is 11.3. The highest BCUT2D eigenvalue weighted by Gasteiger charge is 2.23. The first kappa shape index (κ1) is 15.5. The standard InChI is InChI=1S/C20H22N2O/c1-2-3-13-21-19(15-9-5-4-6-10-15)20(23)17-14-22-18-12-8-7-11-16(17)18/h4-12,14,19,21-22H,2-3,13H2,1H3/t19-/m0/s1. The molecule has 0 radical (unpaired) electrons. The van der Waals surface area contributed by atoms with Crippen molar-refractivity contribution in [2.75, 3.05) is 6.54 Å². The average molecular weight is 306 g/mol. The van der Waals surface area contributed by atoms with E-state index in [4.69, 9.17) is 0 Å². The lowest BCUT2D eigenvalue weighted by atomic mass is 9.97. The molecule has 0 bridgehead atoms. The van der Waals surface area contributed by atoms with Gasteiger partial charge in [-0.15, -0.1) is 0 Å². The van der Waals surface area contributed by atoms with Gasteiger partial charge in [0.2, 0.25) is 0 Å². The lowest BCUT2D eigenvalue weighted by Gasteiger charge is -2.18. The van der Waals surface area contributed by atoms with Crippen LogP contribution in [0.15, 0.2) is 60.8 Å². The summed E-state index contributed by atoms with van der Waals surface area (Å²) in [6.45, 7) is 2.99.